The second-order valence-corrected chi connectivity index (χ2v) is 2.81. The molecule has 92 valence electrons. The van der Waals surface area contributed by atoms with E-state index in [1.807, 2.05) is 0 Å². The van der Waals surface area contributed by atoms with Gasteiger partial charge in [0.15, 0.2) is 11.6 Å². The van der Waals surface area contributed by atoms with Crippen LogP contribution in [0.4, 0.5) is 26.3 Å². The van der Waals surface area contributed by atoms with Gasteiger partial charge in [-0.3, -0.25) is 0 Å². The van der Waals surface area contributed by atoms with Crippen LogP contribution < -0.4 is 5.73 Å². The van der Waals surface area contributed by atoms with E-state index in [1.165, 1.54) is 0 Å². The Morgan fingerprint density at radius 2 is 1.38 bits per heavy atom. The van der Waals surface area contributed by atoms with E-state index in [0.29, 0.717) is 0 Å². The third-order valence-corrected chi connectivity index (χ3v) is 1.73. The molecule has 0 heterocycles. The van der Waals surface area contributed by atoms with Gasteiger partial charge >= 0.3 is 6.18 Å². The molecule has 0 saturated carbocycles. The number of alkyl halides is 3. The number of halogens is 7. The molecule has 0 saturated heterocycles. The van der Waals surface area contributed by atoms with Crippen molar-refractivity contribution in [2.45, 2.75) is 12.2 Å². The van der Waals surface area contributed by atoms with Crippen LogP contribution in [0.3, 0.4) is 0 Å². The van der Waals surface area contributed by atoms with Gasteiger partial charge in [0.2, 0.25) is 0 Å². The fourth-order valence-corrected chi connectivity index (χ4v) is 0.953. The van der Waals surface area contributed by atoms with Crippen LogP contribution in [0.5, 0.6) is 0 Å². The highest BCUT2D eigenvalue weighted by molar-refractivity contribution is 5.85. The molecule has 0 aliphatic rings. The molecule has 8 heteroatoms. The highest BCUT2D eigenvalue weighted by atomic mass is 35.5. The summed E-state index contributed by atoms with van der Waals surface area (Å²) < 4.78 is 73.9. The summed E-state index contributed by atoms with van der Waals surface area (Å²) in [7, 11) is 0. The third kappa shape index (κ3) is 3.02. The first-order valence-electron chi connectivity index (χ1n) is 3.70. The summed E-state index contributed by atoms with van der Waals surface area (Å²) >= 11 is 0. The number of hydrogen-bond donors (Lipinski definition) is 1. The molecule has 2 N–H and O–H groups in total. The summed E-state index contributed by atoms with van der Waals surface area (Å²) in [5.41, 5.74) is 3.51. The first-order valence-corrected chi connectivity index (χ1v) is 3.70. The molecule has 0 aliphatic heterocycles. The van der Waals surface area contributed by atoms with Crippen LogP contribution in [0.2, 0.25) is 0 Å². The highest BCUT2D eigenvalue weighted by Gasteiger charge is 2.39. The molecule has 0 aliphatic carbocycles. The van der Waals surface area contributed by atoms with E-state index in [1.54, 1.807) is 0 Å². The zero-order chi connectivity index (χ0) is 11.8. The van der Waals surface area contributed by atoms with Crippen LogP contribution in [0.15, 0.2) is 12.1 Å². The minimum atomic E-state index is -4.91. The highest BCUT2D eigenvalue weighted by Crippen LogP contribution is 2.32. The van der Waals surface area contributed by atoms with Crippen LogP contribution in [-0.2, 0) is 0 Å². The molecule has 0 radical (unpaired) electrons. The molecule has 0 fully saturated rings. The average Bonchev–Trinajstić information content (AvgIpc) is 2.08. The van der Waals surface area contributed by atoms with Gasteiger partial charge < -0.3 is 5.73 Å². The van der Waals surface area contributed by atoms with Crippen molar-refractivity contribution in [3.63, 3.8) is 0 Å². The average molecular weight is 266 g/mol. The Labute approximate surface area is 92.6 Å². The SMILES string of the molecule is Cl.N[C@@H](c1cc(F)c(F)cc1F)C(F)(F)F. The Bertz CT molecular complexity index is 378. The zero-order valence-electron chi connectivity index (χ0n) is 7.49. The van der Waals surface area contributed by atoms with Crippen molar-refractivity contribution >= 4 is 12.4 Å². The number of hydrogen-bond acceptors (Lipinski definition) is 1. The Morgan fingerprint density at radius 3 is 1.81 bits per heavy atom. The molecule has 1 nitrogen and oxygen atoms in total. The fourth-order valence-electron chi connectivity index (χ4n) is 0.953. The van der Waals surface area contributed by atoms with Crippen molar-refractivity contribution in [1.82, 2.24) is 0 Å². The molecular formula is C8H6ClF6N. The van der Waals surface area contributed by atoms with Crippen molar-refractivity contribution in [3.8, 4) is 0 Å². The molecule has 1 aromatic carbocycles. The molecule has 0 bridgehead atoms. The van der Waals surface area contributed by atoms with E-state index in [0.717, 1.165) is 0 Å². The van der Waals surface area contributed by atoms with Crippen molar-refractivity contribution < 1.29 is 26.3 Å². The maximum Gasteiger partial charge on any atom is 0.407 e. The van der Waals surface area contributed by atoms with Crippen LogP contribution >= 0.6 is 12.4 Å². The molecule has 16 heavy (non-hydrogen) atoms. The van der Waals surface area contributed by atoms with E-state index in [2.05, 4.69) is 5.73 Å². The summed E-state index contributed by atoms with van der Waals surface area (Å²) in [5.74, 6) is -4.67. The fraction of sp³-hybridized carbons (Fsp3) is 0.250. The van der Waals surface area contributed by atoms with Gasteiger partial charge in [-0.05, 0) is 6.07 Å². The lowest BCUT2D eigenvalue weighted by Crippen LogP contribution is -2.29. The third-order valence-electron chi connectivity index (χ3n) is 1.73. The lowest BCUT2D eigenvalue weighted by atomic mass is 10.1. The number of benzene rings is 1. The first kappa shape index (κ1) is 15.0. The molecule has 0 aromatic heterocycles. The molecule has 1 aromatic rings. The molecule has 0 amide bonds. The first-order chi connectivity index (χ1) is 6.73. The minimum absolute atomic E-state index is 0. The van der Waals surface area contributed by atoms with Crippen molar-refractivity contribution in [2.24, 2.45) is 5.73 Å². The van der Waals surface area contributed by atoms with E-state index < -0.39 is 35.2 Å². The maximum atomic E-state index is 12.8. The van der Waals surface area contributed by atoms with E-state index in [-0.39, 0.29) is 24.5 Å². The molecule has 1 rings (SSSR count). The van der Waals surface area contributed by atoms with Gasteiger partial charge in [-0.2, -0.15) is 13.2 Å². The number of nitrogens with two attached hydrogens (primary N) is 1. The largest absolute Gasteiger partial charge is 0.407 e. The van der Waals surface area contributed by atoms with E-state index >= 15 is 0 Å². The maximum absolute atomic E-state index is 12.8. The van der Waals surface area contributed by atoms with Gasteiger partial charge in [0.25, 0.3) is 0 Å². The topological polar surface area (TPSA) is 26.0 Å². The molecule has 1 atom stereocenters. The van der Waals surface area contributed by atoms with Gasteiger partial charge in [-0.25, -0.2) is 13.2 Å². The van der Waals surface area contributed by atoms with Crippen LogP contribution in [0, 0.1) is 17.5 Å². The van der Waals surface area contributed by atoms with Crippen molar-refractivity contribution in [1.29, 1.82) is 0 Å². The van der Waals surface area contributed by atoms with Gasteiger partial charge in [-0.1, -0.05) is 0 Å². The summed E-state index contributed by atoms with van der Waals surface area (Å²) in [6.45, 7) is 0. The Kier molecular flexibility index (Phi) is 4.63. The lowest BCUT2D eigenvalue weighted by Gasteiger charge is -2.16. The molecule has 0 unspecified atom stereocenters. The Hall–Kier alpha value is -0.950. The molecule has 0 spiro atoms. The van der Waals surface area contributed by atoms with Crippen molar-refractivity contribution in [2.75, 3.05) is 0 Å². The van der Waals surface area contributed by atoms with Crippen molar-refractivity contribution in [3.05, 3.63) is 35.1 Å². The van der Waals surface area contributed by atoms with Gasteiger partial charge in [0.1, 0.15) is 11.9 Å². The quantitative estimate of drug-likeness (QED) is 0.613. The second kappa shape index (κ2) is 4.92. The van der Waals surface area contributed by atoms with Crippen LogP contribution in [-0.4, -0.2) is 6.18 Å². The minimum Gasteiger partial charge on any atom is -0.316 e. The Morgan fingerprint density at radius 1 is 0.938 bits per heavy atom. The summed E-state index contributed by atoms with van der Waals surface area (Å²) in [6, 6.07) is -2.55. The summed E-state index contributed by atoms with van der Waals surface area (Å²) in [4.78, 5) is 0. The normalized spacial score (nSPS) is 13.2. The zero-order valence-corrected chi connectivity index (χ0v) is 8.30. The lowest BCUT2D eigenvalue weighted by molar-refractivity contribution is -0.149. The van der Waals surface area contributed by atoms with E-state index in [4.69, 9.17) is 0 Å². The monoisotopic (exact) mass is 265 g/mol. The van der Waals surface area contributed by atoms with Crippen LogP contribution in [0.1, 0.15) is 11.6 Å². The van der Waals surface area contributed by atoms with Gasteiger partial charge in [-0.15, -0.1) is 12.4 Å². The van der Waals surface area contributed by atoms with Gasteiger partial charge in [0, 0.05) is 11.6 Å². The standard InChI is InChI=1S/C8H5F6N.ClH/c9-4-2-6(11)5(10)1-3(4)7(15)8(12,13)14;/h1-2,7H,15H2;1H/t7-;/m0./s1. The predicted octanol–water partition coefficient (Wildman–Crippen LogP) is 3.09. The Balaban J connectivity index is 0.00000225. The smallest absolute Gasteiger partial charge is 0.316 e. The summed E-state index contributed by atoms with van der Waals surface area (Å²) in [6.07, 6.45) is -4.91. The van der Waals surface area contributed by atoms with E-state index in [9.17, 15) is 26.3 Å². The summed E-state index contributed by atoms with van der Waals surface area (Å²) in [5, 5.41) is 0. The second-order valence-electron chi connectivity index (χ2n) is 2.81. The number of rotatable bonds is 1. The van der Waals surface area contributed by atoms with Gasteiger partial charge in [0.05, 0.1) is 0 Å². The molecular weight excluding hydrogens is 260 g/mol. The predicted molar refractivity (Wildman–Crippen MR) is 46.5 cm³/mol. The van der Waals surface area contributed by atoms with Crippen LogP contribution in [0.25, 0.3) is 0 Å².